The van der Waals surface area contributed by atoms with E-state index in [4.69, 9.17) is 11.6 Å². The SMILES string of the molecule is CC1CCN(c2cccc(Cl)c2)CCCN1. The number of rotatable bonds is 1. The Labute approximate surface area is 103 Å². The first-order valence-electron chi connectivity index (χ1n) is 5.99. The molecular weight excluding hydrogens is 220 g/mol. The van der Waals surface area contributed by atoms with Crippen molar-refractivity contribution in [1.29, 1.82) is 0 Å². The highest BCUT2D eigenvalue weighted by molar-refractivity contribution is 6.30. The zero-order valence-corrected chi connectivity index (χ0v) is 10.5. The standard InChI is InChI=1S/C13H19ClN2/c1-11-6-9-16(8-3-7-15-11)13-5-2-4-12(14)10-13/h2,4-5,10-11,15H,3,6-9H2,1H3. The van der Waals surface area contributed by atoms with Crippen LogP contribution in [0.4, 0.5) is 5.69 Å². The summed E-state index contributed by atoms with van der Waals surface area (Å²) in [7, 11) is 0. The molecule has 0 bridgehead atoms. The Kier molecular flexibility index (Phi) is 4.08. The number of anilines is 1. The molecule has 1 aromatic rings. The van der Waals surface area contributed by atoms with Crippen LogP contribution < -0.4 is 10.2 Å². The molecule has 0 spiro atoms. The fourth-order valence-electron chi connectivity index (χ4n) is 2.11. The van der Waals surface area contributed by atoms with Crippen LogP contribution in [0.15, 0.2) is 24.3 Å². The summed E-state index contributed by atoms with van der Waals surface area (Å²) in [4.78, 5) is 2.43. The van der Waals surface area contributed by atoms with E-state index in [0.717, 1.165) is 24.7 Å². The third kappa shape index (κ3) is 3.13. The number of benzene rings is 1. The van der Waals surface area contributed by atoms with E-state index in [2.05, 4.69) is 29.3 Å². The summed E-state index contributed by atoms with van der Waals surface area (Å²) in [6.07, 6.45) is 2.38. The maximum Gasteiger partial charge on any atom is 0.0426 e. The number of hydrogen-bond acceptors (Lipinski definition) is 2. The molecule has 1 saturated heterocycles. The molecule has 2 nitrogen and oxygen atoms in total. The lowest BCUT2D eigenvalue weighted by atomic mass is 10.1. The first kappa shape index (κ1) is 11.7. The lowest BCUT2D eigenvalue weighted by molar-refractivity contribution is 0.475. The van der Waals surface area contributed by atoms with Gasteiger partial charge in [0.05, 0.1) is 0 Å². The van der Waals surface area contributed by atoms with Gasteiger partial charge in [0.1, 0.15) is 0 Å². The van der Waals surface area contributed by atoms with E-state index in [0.29, 0.717) is 6.04 Å². The van der Waals surface area contributed by atoms with Gasteiger partial charge >= 0.3 is 0 Å². The normalized spacial score (nSPS) is 22.6. The van der Waals surface area contributed by atoms with Gasteiger partial charge < -0.3 is 10.2 Å². The molecule has 2 rings (SSSR count). The molecule has 0 amide bonds. The molecular formula is C13H19ClN2. The molecule has 0 saturated carbocycles. The lowest BCUT2D eigenvalue weighted by Crippen LogP contribution is -2.38. The lowest BCUT2D eigenvalue weighted by Gasteiger charge is -2.29. The van der Waals surface area contributed by atoms with Gasteiger partial charge in [0.2, 0.25) is 0 Å². The van der Waals surface area contributed by atoms with Crippen LogP contribution in [-0.2, 0) is 0 Å². The minimum Gasteiger partial charge on any atom is -0.371 e. The average molecular weight is 239 g/mol. The van der Waals surface area contributed by atoms with Gasteiger partial charge in [0, 0.05) is 29.8 Å². The van der Waals surface area contributed by atoms with Crippen molar-refractivity contribution in [3.8, 4) is 0 Å². The maximum atomic E-state index is 6.03. The van der Waals surface area contributed by atoms with Crippen LogP contribution in [0.5, 0.6) is 0 Å². The van der Waals surface area contributed by atoms with E-state index < -0.39 is 0 Å². The van der Waals surface area contributed by atoms with E-state index in [1.54, 1.807) is 0 Å². The molecule has 1 aliphatic heterocycles. The van der Waals surface area contributed by atoms with Crippen LogP contribution in [-0.4, -0.2) is 25.7 Å². The quantitative estimate of drug-likeness (QED) is 0.810. The van der Waals surface area contributed by atoms with Crippen molar-refractivity contribution in [2.24, 2.45) is 0 Å². The van der Waals surface area contributed by atoms with Crippen molar-refractivity contribution in [2.45, 2.75) is 25.8 Å². The Bertz CT molecular complexity index is 340. The van der Waals surface area contributed by atoms with Gasteiger partial charge in [0.15, 0.2) is 0 Å². The Morgan fingerprint density at radius 3 is 3.06 bits per heavy atom. The van der Waals surface area contributed by atoms with Gasteiger partial charge in [0.25, 0.3) is 0 Å². The highest BCUT2D eigenvalue weighted by Crippen LogP contribution is 2.20. The minimum absolute atomic E-state index is 0.613. The maximum absolute atomic E-state index is 6.03. The highest BCUT2D eigenvalue weighted by atomic mass is 35.5. The van der Waals surface area contributed by atoms with Gasteiger partial charge in [-0.15, -0.1) is 0 Å². The van der Waals surface area contributed by atoms with Crippen molar-refractivity contribution in [1.82, 2.24) is 5.32 Å². The fraction of sp³-hybridized carbons (Fsp3) is 0.538. The predicted octanol–water partition coefficient (Wildman–Crippen LogP) is 2.92. The summed E-state index contributed by atoms with van der Waals surface area (Å²) in [5.41, 5.74) is 1.25. The number of nitrogens with zero attached hydrogens (tertiary/aromatic N) is 1. The molecule has 0 aliphatic carbocycles. The van der Waals surface area contributed by atoms with Crippen LogP contribution in [0.2, 0.25) is 5.02 Å². The Hall–Kier alpha value is -0.730. The molecule has 1 heterocycles. The summed E-state index contributed by atoms with van der Waals surface area (Å²) in [5.74, 6) is 0. The van der Waals surface area contributed by atoms with Gasteiger partial charge in [-0.2, -0.15) is 0 Å². The van der Waals surface area contributed by atoms with E-state index in [9.17, 15) is 0 Å². The van der Waals surface area contributed by atoms with Crippen molar-refractivity contribution in [3.63, 3.8) is 0 Å². The smallest absolute Gasteiger partial charge is 0.0426 e. The van der Waals surface area contributed by atoms with Crippen molar-refractivity contribution < 1.29 is 0 Å². The third-order valence-electron chi connectivity index (χ3n) is 3.10. The van der Waals surface area contributed by atoms with Gasteiger partial charge in [-0.1, -0.05) is 17.7 Å². The molecule has 3 heteroatoms. The van der Waals surface area contributed by atoms with Crippen molar-refractivity contribution in [2.75, 3.05) is 24.5 Å². The number of nitrogens with one attached hydrogen (secondary N) is 1. The topological polar surface area (TPSA) is 15.3 Å². The Balaban J connectivity index is 2.06. The Morgan fingerprint density at radius 2 is 2.25 bits per heavy atom. The van der Waals surface area contributed by atoms with E-state index >= 15 is 0 Å². The molecule has 1 aliphatic rings. The summed E-state index contributed by atoms with van der Waals surface area (Å²) in [6, 6.07) is 8.77. The minimum atomic E-state index is 0.613. The first-order chi connectivity index (χ1) is 7.75. The molecule has 1 atom stereocenters. The van der Waals surface area contributed by atoms with Gasteiger partial charge in [-0.3, -0.25) is 0 Å². The summed E-state index contributed by atoms with van der Waals surface area (Å²) < 4.78 is 0. The van der Waals surface area contributed by atoms with Crippen molar-refractivity contribution in [3.05, 3.63) is 29.3 Å². The predicted molar refractivity (Wildman–Crippen MR) is 70.4 cm³/mol. The molecule has 0 radical (unpaired) electrons. The molecule has 88 valence electrons. The fourth-order valence-corrected chi connectivity index (χ4v) is 2.30. The van der Waals surface area contributed by atoms with E-state index in [1.807, 2.05) is 12.1 Å². The van der Waals surface area contributed by atoms with Gasteiger partial charge in [-0.25, -0.2) is 0 Å². The largest absolute Gasteiger partial charge is 0.371 e. The molecule has 1 fully saturated rings. The third-order valence-corrected chi connectivity index (χ3v) is 3.34. The average Bonchev–Trinajstić information content (AvgIpc) is 2.24. The first-order valence-corrected chi connectivity index (χ1v) is 6.37. The number of hydrogen-bond donors (Lipinski definition) is 1. The number of halogens is 1. The zero-order valence-electron chi connectivity index (χ0n) is 9.75. The molecule has 16 heavy (non-hydrogen) atoms. The van der Waals surface area contributed by atoms with Crippen LogP contribution in [0.3, 0.4) is 0 Å². The van der Waals surface area contributed by atoms with Gasteiger partial charge in [-0.05, 0) is 44.5 Å². The van der Waals surface area contributed by atoms with Crippen LogP contribution in [0.25, 0.3) is 0 Å². The van der Waals surface area contributed by atoms with Crippen molar-refractivity contribution >= 4 is 17.3 Å². The summed E-state index contributed by atoms with van der Waals surface area (Å²) >= 11 is 6.03. The monoisotopic (exact) mass is 238 g/mol. The summed E-state index contributed by atoms with van der Waals surface area (Å²) in [5, 5.41) is 4.34. The van der Waals surface area contributed by atoms with Crippen LogP contribution in [0.1, 0.15) is 19.8 Å². The van der Waals surface area contributed by atoms with Crippen LogP contribution >= 0.6 is 11.6 Å². The van der Waals surface area contributed by atoms with E-state index in [-0.39, 0.29) is 0 Å². The zero-order chi connectivity index (χ0) is 11.4. The Morgan fingerprint density at radius 1 is 1.38 bits per heavy atom. The molecule has 1 unspecified atom stereocenters. The van der Waals surface area contributed by atoms with E-state index in [1.165, 1.54) is 18.5 Å². The molecule has 1 N–H and O–H groups in total. The highest BCUT2D eigenvalue weighted by Gasteiger charge is 2.12. The summed E-state index contributed by atoms with van der Waals surface area (Å²) in [6.45, 7) is 5.58. The molecule has 1 aromatic carbocycles. The second-order valence-corrected chi connectivity index (χ2v) is 4.90. The second kappa shape index (κ2) is 5.55. The molecule has 0 aromatic heterocycles. The van der Waals surface area contributed by atoms with Crippen LogP contribution in [0, 0.1) is 0 Å². The second-order valence-electron chi connectivity index (χ2n) is 4.46.